The standard InChI is InChI=1S/C10H13ClO/c1-7(2)8-4-5-9(11)10(6-8)12-3/h4-7H,1-3H3. The summed E-state index contributed by atoms with van der Waals surface area (Å²) in [6.45, 7) is 4.28. The maximum atomic E-state index is 5.88. The molecule has 0 saturated heterocycles. The van der Waals surface area contributed by atoms with Gasteiger partial charge in [0.2, 0.25) is 0 Å². The van der Waals surface area contributed by atoms with Gasteiger partial charge in [-0.1, -0.05) is 31.5 Å². The minimum atomic E-state index is 0.510. The molecule has 0 saturated carbocycles. The Labute approximate surface area is 78.3 Å². The maximum absolute atomic E-state index is 5.88. The van der Waals surface area contributed by atoms with Gasteiger partial charge in [0.1, 0.15) is 5.75 Å². The van der Waals surface area contributed by atoms with Gasteiger partial charge >= 0.3 is 0 Å². The van der Waals surface area contributed by atoms with Crippen molar-refractivity contribution in [3.63, 3.8) is 0 Å². The summed E-state index contributed by atoms with van der Waals surface area (Å²) in [6, 6.07) is 5.87. The minimum Gasteiger partial charge on any atom is -0.495 e. The van der Waals surface area contributed by atoms with Gasteiger partial charge in [-0.25, -0.2) is 0 Å². The van der Waals surface area contributed by atoms with E-state index in [2.05, 4.69) is 13.8 Å². The van der Waals surface area contributed by atoms with Crippen LogP contribution in [0.3, 0.4) is 0 Å². The summed E-state index contributed by atoms with van der Waals surface area (Å²) >= 11 is 5.88. The molecule has 0 spiro atoms. The van der Waals surface area contributed by atoms with Crippen molar-refractivity contribution in [2.24, 2.45) is 0 Å². The van der Waals surface area contributed by atoms with Crippen molar-refractivity contribution in [1.82, 2.24) is 0 Å². The van der Waals surface area contributed by atoms with E-state index in [4.69, 9.17) is 16.3 Å². The fraction of sp³-hybridized carbons (Fsp3) is 0.400. The molecule has 0 atom stereocenters. The van der Waals surface area contributed by atoms with Gasteiger partial charge in [0.15, 0.2) is 0 Å². The van der Waals surface area contributed by atoms with E-state index in [1.165, 1.54) is 5.56 Å². The number of hydrogen-bond acceptors (Lipinski definition) is 1. The van der Waals surface area contributed by atoms with Gasteiger partial charge in [-0.05, 0) is 23.6 Å². The second-order valence-corrected chi connectivity index (χ2v) is 3.46. The Morgan fingerprint density at radius 3 is 2.50 bits per heavy atom. The van der Waals surface area contributed by atoms with Crippen LogP contribution in [0.5, 0.6) is 5.75 Å². The Hall–Kier alpha value is -0.690. The Morgan fingerprint density at radius 2 is 2.00 bits per heavy atom. The summed E-state index contributed by atoms with van der Waals surface area (Å²) in [5.41, 5.74) is 1.25. The molecule has 0 aliphatic heterocycles. The van der Waals surface area contributed by atoms with Crippen LogP contribution < -0.4 is 4.74 Å². The number of methoxy groups -OCH3 is 1. The number of ether oxygens (including phenoxy) is 1. The quantitative estimate of drug-likeness (QED) is 0.684. The van der Waals surface area contributed by atoms with E-state index in [0.29, 0.717) is 10.9 Å². The molecule has 1 aromatic carbocycles. The summed E-state index contributed by atoms with van der Waals surface area (Å²) in [6.07, 6.45) is 0. The number of rotatable bonds is 2. The van der Waals surface area contributed by atoms with Crippen LogP contribution >= 0.6 is 11.6 Å². The summed E-state index contributed by atoms with van der Waals surface area (Å²) in [5, 5.41) is 0.668. The lowest BCUT2D eigenvalue weighted by atomic mass is 10.0. The van der Waals surface area contributed by atoms with E-state index < -0.39 is 0 Å². The van der Waals surface area contributed by atoms with Crippen LogP contribution in [0.15, 0.2) is 18.2 Å². The number of halogens is 1. The molecule has 1 aromatic rings. The molecule has 66 valence electrons. The molecule has 0 unspecified atom stereocenters. The zero-order valence-corrected chi connectivity index (χ0v) is 8.35. The lowest BCUT2D eigenvalue weighted by Gasteiger charge is -2.08. The van der Waals surface area contributed by atoms with Crippen molar-refractivity contribution in [1.29, 1.82) is 0 Å². The molecule has 0 aromatic heterocycles. The highest BCUT2D eigenvalue weighted by atomic mass is 35.5. The first-order valence-electron chi connectivity index (χ1n) is 3.98. The zero-order chi connectivity index (χ0) is 9.14. The molecule has 0 fully saturated rings. The van der Waals surface area contributed by atoms with Crippen LogP contribution in [0.4, 0.5) is 0 Å². The molecular weight excluding hydrogens is 172 g/mol. The Bertz CT molecular complexity index is 269. The molecule has 12 heavy (non-hydrogen) atoms. The summed E-state index contributed by atoms with van der Waals surface area (Å²) in [5.74, 6) is 1.26. The van der Waals surface area contributed by atoms with Crippen LogP contribution in [0.1, 0.15) is 25.3 Å². The van der Waals surface area contributed by atoms with Gasteiger partial charge in [0.25, 0.3) is 0 Å². The first-order valence-corrected chi connectivity index (χ1v) is 4.36. The predicted octanol–water partition coefficient (Wildman–Crippen LogP) is 3.47. The second kappa shape index (κ2) is 3.81. The smallest absolute Gasteiger partial charge is 0.137 e. The molecule has 0 N–H and O–H groups in total. The number of benzene rings is 1. The van der Waals surface area contributed by atoms with Crippen molar-refractivity contribution in [3.8, 4) is 5.75 Å². The van der Waals surface area contributed by atoms with Gasteiger partial charge in [0.05, 0.1) is 12.1 Å². The SMILES string of the molecule is COc1cc(C(C)C)ccc1Cl. The molecule has 0 aliphatic rings. The third kappa shape index (κ3) is 1.92. The molecule has 0 amide bonds. The van der Waals surface area contributed by atoms with Crippen LogP contribution in [0.2, 0.25) is 5.02 Å². The third-order valence-electron chi connectivity index (χ3n) is 1.84. The van der Waals surface area contributed by atoms with Crippen molar-refractivity contribution in [3.05, 3.63) is 28.8 Å². The molecular formula is C10H13ClO. The Kier molecular flexibility index (Phi) is 2.99. The van der Waals surface area contributed by atoms with Gasteiger partial charge in [0, 0.05) is 0 Å². The molecule has 1 rings (SSSR count). The lowest BCUT2D eigenvalue weighted by Crippen LogP contribution is -1.90. The lowest BCUT2D eigenvalue weighted by molar-refractivity contribution is 0.414. The largest absolute Gasteiger partial charge is 0.495 e. The molecule has 2 heteroatoms. The summed E-state index contributed by atoms with van der Waals surface area (Å²) in [4.78, 5) is 0. The van der Waals surface area contributed by atoms with Crippen LogP contribution in [0.25, 0.3) is 0 Å². The van der Waals surface area contributed by atoms with Crippen molar-refractivity contribution in [2.75, 3.05) is 7.11 Å². The zero-order valence-electron chi connectivity index (χ0n) is 7.60. The first kappa shape index (κ1) is 9.40. The fourth-order valence-electron chi connectivity index (χ4n) is 1.04. The summed E-state index contributed by atoms with van der Waals surface area (Å²) in [7, 11) is 1.63. The highest BCUT2D eigenvalue weighted by Gasteiger charge is 2.03. The highest BCUT2D eigenvalue weighted by molar-refractivity contribution is 6.32. The topological polar surface area (TPSA) is 9.23 Å². The highest BCUT2D eigenvalue weighted by Crippen LogP contribution is 2.27. The third-order valence-corrected chi connectivity index (χ3v) is 2.15. The average Bonchev–Trinajstić information content (AvgIpc) is 2.05. The Balaban J connectivity index is 3.05. The Morgan fingerprint density at radius 1 is 1.33 bits per heavy atom. The van der Waals surface area contributed by atoms with E-state index in [0.717, 1.165) is 5.75 Å². The van der Waals surface area contributed by atoms with Gasteiger partial charge in [-0.3, -0.25) is 0 Å². The molecule has 0 bridgehead atoms. The number of hydrogen-bond donors (Lipinski definition) is 0. The summed E-state index contributed by atoms with van der Waals surface area (Å²) < 4.78 is 5.10. The van der Waals surface area contributed by atoms with E-state index in [1.54, 1.807) is 7.11 Å². The molecule has 0 aliphatic carbocycles. The van der Waals surface area contributed by atoms with Crippen molar-refractivity contribution >= 4 is 11.6 Å². The molecule has 1 nitrogen and oxygen atoms in total. The van der Waals surface area contributed by atoms with Gasteiger partial charge in [-0.2, -0.15) is 0 Å². The van der Waals surface area contributed by atoms with Crippen LogP contribution in [-0.4, -0.2) is 7.11 Å². The minimum absolute atomic E-state index is 0.510. The molecule has 0 heterocycles. The van der Waals surface area contributed by atoms with E-state index in [-0.39, 0.29) is 0 Å². The monoisotopic (exact) mass is 184 g/mol. The average molecular weight is 185 g/mol. The van der Waals surface area contributed by atoms with Gasteiger partial charge < -0.3 is 4.74 Å². The van der Waals surface area contributed by atoms with Gasteiger partial charge in [-0.15, -0.1) is 0 Å². The normalized spacial score (nSPS) is 10.4. The van der Waals surface area contributed by atoms with E-state index in [1.807, 2.05) is 18.2 Å². The first-order chi connectivity index (χ1) is 5.65. The fourth-order valence-corrected chi connectivity index (χ4v) is 1.23. The van der Waals surface area contributed by atoms with Crippen molar-refractivity contribution < 1.29 is 4.74 Å². The second-order valence-electron chi connectivity index (χ2n) is 3.05. The van der Waals surface area contributed by atoms with Crippen molar-refractivity contribution in [2.45, 2.75) is 19.8 Å². The van der Waals surface area contributed by atoms with E-state index in [9.17, 15) is 0 Å². The predicted molar refractivity (Wildman–Crippen MR) is 52.1 cm³/mol. The van der Waals surface area contributed by atoms with E-state index >= 15 is 0 Å². The molecule has 0 radical (unpaired) electrons. The maximum Gasteiger partial charge on any atom is 0.137 e. The van der Waals surface area contributed by atoms with Crippen LogP contribution in [0, 0.1) is 0 Å². The van der Waals surface area contributed by atoms with Crippen LogP contribution in [-0.2, 0) is 0 Å².